The van der Waals surface area contributed by atoms with Crippen molar-refractivity contribution >= 4 is 17.3 Å². The van der Waals surface area contributed by atoms with Gasteiger partial charge in [-0.15, -0.1) is 0 Å². The lowest BCUT2D eigenvalue weighted by Crippen LogP contribution is -2.58. The molecule has 6 atom stereocenters. The smallest absolute Gasteiger partial charge is 0.402 e. The van der Waals surface area contributed by atoms with Gasteiger partial charge in [0.05, 0.1) is 48.2 Å². The van der Waals surface area contributed by atoms with Gasteiger partial charge in [-0.3, -0.25) is 19.8 Å². The van der Waals surface area contributed by atoms with Crippen molar-refractivity contribution < 1.29 is 67.3 Å². The first kappa shape index (κ1) is 32.7. The molecule has 0 spiro atoms. The summed E-state index contributed by atoms with van der Waals surface area (Å²) in [6.45, 7) is -1.10. The monoisotopic (exact) mass is 640 g/mol. The highest BCUT2D eigenvalue weighted by atomic mass is 19.4. The predicted molar refractivity (Wildman–Crippen MR) is 145 cm³/mol. The molecule has 13 nitrogen and oxygen atoms in total. The minimum atomic E-state index is -4.55. The van der Waals surface area contributed by atoms with Gasteiger partial charge in [0.2, 0.25) is 5.78 Å². The summed E-state index contributed by atoms with van der Waals surface area (Å²) in [5, 5.41) is 54.4. The second-order valence-electron chi connectivity index (χ2n) is 11.2. The highest BCUT2D eigenvalue weighted by Crippen LogP contribution is 2.52. The number of aliphatic hydroxyl groups is 3. The number of nitrogens with one attached hydrogen (secondary N) is 2. The number of hydrazine groups is 1. The molecular weight excluding hydrogens is 609 g/mol. The van der Waals surface area contributed by atoms with Crippen LogP contribution >= 0.6 is 0 Å². The number of phenolic OH excluding ortho intramolecular Hbond substituents is 2. The number of halogens is 3. The van der Waals surface area contributed by atoms with Crippen LogP contribution in [0.15, 0.2) is 18.2 Å². The Kier molecular flexibility index (Phi) is 8.69. The van der Waals surface area contributed by atoms with Gasteiger partial charge in [-0.1, -0.05) is 12.1 Å². The number of fused-ring (bicyclic) bond motifs is 3. The molecule has 1 heterocycles. The van der Waals surface area contributed by atoms with Crippen LogP contribution in [0.25, 0.3) is 0 Å². The van der Waals surface area contributed by atoms with Crippen molar-refractivity contribution in [3.05, 3.63) is 51.6 Å². The third-order valence-corrected chi connectivity index (χ3v) is 8.34. The van der Waals surface area contributed by atoms with Crippen LogP contribution in [0.1, 0.15) is 68.8 Å². The molecule has 0 radical (unpaired) electrons. The number of aromatic hydroxyl groups is 2. The van der Waals surface area contributed by atoms with Gasteiger partial charge >= 0.3 is 6.18 Å². The van der Waals surface area contributed by atoms with Crippen LogP contribution in [-0.4, -0.2) is 99.5 Å². The van der Waals surface area contributed by atoms with Crippen LogP contribution in [0, 0.1) is 0 Å². The first-order valence-corrected chi connectivity index (χ1v) is 13.9. The average Bonchev–Trinajstić information content (AvgIpc) is 2.98. The first-order chi connectivity index (χ1) is 21.1. The molecule has 45 heavy (non-hydrogen) atoms. The highest BCUT2D eigenvalue weighted by molar-refractivity contribution is 6.31. The Morgan fingerprint density at radius 1 is 1.13 bits per heavy atom. The van der Waals surface area contributed by atoms with E-state index in [-0.39, 0.29) is 34.4 Å². The summed E-state index contributed by atoms with van der Waals surface area (Å²) < 4.78 is 55.0. The quantitative estimate of drug-likeness (QED) is 0.134. The lowest BCUT2D eigenvalue weighted by molar-refractivity contribution is -0.251. The number of ether oxygens (including phenoxy) is 3. The lowest BCUT2D eigenvalue weighted by atomic mass is 9.72. The third-order valence-electron chi connectivity index (χ3n) is 8.34. The molecule has 1 fully saturated rings. The largest absolute Gasteiger partial charge is 0.507 e. The average molecular weight is 641 g/mol. The zero-order chi connectivity index (χ0) is 33.0. The minimum Gasteiger partial charge on any atom is -0.507 e. The summed E-state index contributed by atoms with van der Waals surface area (Å²) in [5.74, 6) is -4.31. The summed E-state index contributed by atoms with van der Waals surface area (Å²) in [6.07, 6.45) is -11.3. The molecule has 2 aromatic rings. The van der Waals surface area contributed by atoms with Gasteiger partial charge < -0.3 is 39.7 Å². The van der Waals surface area contributed by atoms with E-state index in [0.29, 0.717) is 0 Å². The number of hydrogen-bond acceptors (Lipinski definition) is 13. The molecule has 4 unspecified atom stereocenters. The second-order valence-corrected chi connectivity index (χ2v) is 11.2. The van der Waals surface area contributed by atoms with Gasteiger partial charge in [0, 0.05) is 36.0 Å². The highest BCUT2D eigenvalue weighted by Gasteiger charge is 2.50. The Labute approximate surface area is 253 Å². The Hall–Kier alpha value is -3.64. The standard InChI is InChI=1S/C29H31F3N2O11/c1-11-23(37)14(34-33-10-29(30,31)32)6-18(44-11)45-16-8-28(42,17(36)9-35)7-13-20(16)27(41)22-21(25(13)39)24(38)12-4-3-5-15(43-2)19(12)26(22)40/h3-5,11,14,16,18,23,33-35,37,39,41-42H,6-10H2,1-2H3/t11?,14?,16-,18?,23?,28-/m0/s1. The summed E-state index contributed by atoms with van der Waals surface area (Å²) >= 11 is 0. The maximum atomic E-state index is 13.7. The number of methoxy groups -OCH3 is 1. The van der Waals surface area contributed by atoms with Gasteiger partial charge in [-0.25, -0.2) is 5.43 Å². The van der Waals surface area contributed by atoms with Crippen LogP contribution in [0.4, 0.5) is 13.2 Å². The van der Waals surface area contributed by atoms with Crippen LogP contribution in [-0.2, 0) is 20.7 Å². The number of carbonyl (C=O) groups excluding carboxylic acids is 3. The number of phenols is 2. The van der Waals surface area contributed by atoms with E-state index in [1.54, 1.807) is 0 Å². The predicted octanol–water partition coefficient (Wildman–Crippen LogP) is 0.699. The van der Waals surface area contributed by atoms with Crippen molar-refractivity contribution in [3.63, 3.8) is 0 Å². The van der Waals surface area contributed by atoms with E-state index < -0.39 is 108 Å². The molecule has 1 aliphatic heterocycles. The van der Waals surface area contributed by atoms with Crippen molar-refractivity contribution in [2.24, 2.45) is 0 Å². The number of benzene rings is 2. The molecule has 5 rings (SSSR count). The number of carbonyl (C=O) groups is 3. The number of hydrogen-bond donors (Lipinski definition) is 7. The molecule has 7 N–H and O–H groups in total. The molecule has 0 amide bonds. The van der Waals surface area contributed by atoms with E-state index >= 15 is 0 Å². The minimum absolute atomic E-state index is 0.0321. The zero-order valence-corrected chi connectivity index (χ0v) is 24.0. The number of Topliss-reactive ketones (excluding diaryl/α,β-unsaturated/α-hetero) is 1. The van der Waals surface area contributed by atoms with Gasteiger partial charge in [0.25, 0.3) is 0 Å². The van der Waals surface area contributed by atoms with E-state index in [1.807, 2.05) is 5.43 Å². The fraction of sp³-hybridized carbons (Fsp3) is 0.483. The molecule has 2 aliphatic carbocycles. The SMILES string of the molecule is COc1cccc2c1C(=O)c1c(O)c3c(c(O)c1C2=O)C[C@@](O)(C(=O)CO)C[C@@H]3OC1CC(NNCC(F)(F)F)C(O)C(C)O1. The molecule has 0 bridgehead atoms. The molecule has 3 aliphatic rings. The Morgan fingerprint density at radius 3 is 2.47 bits per heavy atom. The molecule has 1 saturated heterocycles. The molecule has 0 aromatic heterocycles. The lowest BCUT2D eigenvalue weighted by Gasteiger charge is -2.43. The second kappa shape index (κ2) is 11.9. The van der Waals surface area contributed by atoms with Crippen LogP contribution in [0.3, 0.4) is 0 Å². The van der Waals surface area contributed by atoms with E-state index in [0.717, 1.165) is 0 Å². The maximum absolute atomic E-state index is 13.7. The summed E-state index contributed by atoms with van der Waals surface area (Å²) in [7, 11) is 1.28. The Bertz CT molecular complexity index is 1550. The number of ketones is 3. The van der Waals surface area contributed by atoms with Crippen LogP contribution < -0.4 is 15.6 Å². The molecular formula is C29H31F3N2O11. The van der Waals surface area contributed by atoms with Crippen molar-refractivity contribution in [2.75, 3.05) is 20.3 Å². The van der Waals surface area contributed by atoms with Crippen molar-refractivity contribution in [2.45, 2.75) is 68.6 Å². The summed E-state index contributed by atoms with van der Waals surface area (Å²) in [5.41, 5.74) is 0.0328. The van der Waals surface area contributed by atoms with E-state index in [2.05, 4.69) is 5.43 Å². The first-order valence-electron chi connectivity index (χ1n) is 13.9. The summed E-state index contributed by atoms with van der Waals surface area (Å²) in [6, 6.07) is 3.17. The van der Waals surface area contributed by atoms with Crippen molar-refractivity contribution in [3.8, 4) is 17.2 Å². The molecule has 16 heteroatoms. The van der Waals surface area contributed by atoms with Crippen LogP contribution in [0.5, 0.6) is 17.2 Å². The Morgan fingerprint density at radius 2 is 1.82 bits per heavy atom. The summed E-state index contributed by atoms with van der Waals surface area (Å²) in [4.78, 5) is 40.0. The van der Waals surface area contributed by atoms with Gasteiger partial charge in [-0.05, 0) is 13.0 Å². The van der Waals surface area contributed by atoms with Crippen LogP contribution in [0.2, 0.25) is 0 Å². The maximum Gasteiger partial charge on any atom is 0.402 e. The van der Waals surface area contributed by atoms with Gasteiger partial charge in [0.15, 0.2) is 17.9 Å². The fourth-order valence-corrected chi connectivity index (χ4v) is 6.14. The molecule has 2 aromatic carbocycles. The van der Waals surface area contributed by atoms with Gasteiger partial charge in [0.1, 0.15) is 36.0 Å². The number of aliphatic hydroxyl groups excluding tert-OH is 2. The number of rotatable bonds is 8. The van der Waals surface area contributed by atoms with E-state index in [1.165, 1.54) is 32.2 Å². The molecule has 244 valence electrons. The van der Waals surface area contributed by atoms with Gasteiger partial charge in [-0.2, -0.15) is 13.2 Å². The fourth-order valence-electron chi connectivity index (χ4n) is 6.14. The third kappa shape index (κ3) is 5.78. The van der Waals surface area contributed by atoms with Crippen molar-refractivity contribution in [1.29, 1.82) is 0 Å². The van der Waals surface area contributed by atoms with Crippen molar-refractivity contribution in [1.82, 2.24) is 10.9 Å². The number of alkyl halides is 3. The normalized spacial score (nSPS) is 27.9. The Balaban J connectivity index is 1.57. The molecule has 0 saturated carbocycles. The van der Waals surface area contributed by atoms with E-state index in [9.17, 15) is 53.1 Å². The topological polar surface area (TPSA) is 204 Å². The zero-order valence-electron chi connectivity index (χ0n) is 24.0. The van der Waals surface area contributed by atoms with E-state index in [4.69, 9.17) is 14.2 Å².